The van der Waals surface area contributed by atoms with Crippen LogP contribution in [0.1, 0.15) is 26.3 Å². The Balaban J connectivity index is 2.57. The minimum Gasteiger partial charge on any atom is -0.444 e. The van der Waals surface area contributed by atoms with Crippen LogP contribution in [0.15, 0.2) is 24.3 Å². The van der Waals surface area contributed by atoms with E-state index in [1.807, 2.05) is 0 Å². The molecule has 0 aliphatic carbocycles. The summed E-state index contributed by atoms with van der Waals surface area (Å²) in [6.07, 6.45) is -0.0487. The summed E-state index contributed by atoms with van der Waals surface area (Å²) in [6, 6.07) is 5.95. The highest BCUT2D eigenvalue weighted by atomic mass is 19.1. The van der Waals surface area contributed by atoms with E-state index >= 15 is 0 Å². The molecule has 3 N–H and O–H groups in total. The van der Waals surface area contributed by atoms with Crippen LogP contribution in [0, 0.1) is 5.82 Å². The first-order valence-electron chi connectivity index (χ1n) is 6.24. The first-order chi connectivity index (χ1) is 8.80. The predicted octanol–water partition coefficient (Wildman–Crippen LogP) is 2.22. The van der Waals surface area contributed by atoms with Crippen molar-refractivity contribution >= 4 is 6.09 Å². The van der Waals surface area contributed by atoms with E-state index in [2.05, 4.69) is 5.32 Å². The maximum absolute atomic E-state index is 13.1. The highest BCUT2D eigenvalue weighted by Gasteiger charge is 2.19. The average molecular weight is 268 g/mol. The monoisotopic (exact) mass is 268 g/mol. The Kier molecular flexibility index (Phi) is 5.30. The van der Waals surface area contributed by atoms with Crippen LogP contribution in [0.5, 0.6) is 0 Å². The molecule has 0 aliphatic rings. The van der Waals surface area contributed by atoms with Crippen LogP contribution < -0.4 is 11.1 Å². The second-order valence-electron chi connectivity index (χ2n) is 5.41. The van der Waals surface area contributed by atoms with Gasteiger partial charge in [0.25, 0.3) is 0 Å². The fourth-order valence-corrected chi connectivity index (χ4v) is 1.62. The minimum atomic E-state index is -0.553. The molecular weight excluding hydrogens is 247 g/mol. The van der Waals surface area contributed by atoms with Crippen LogP contribution in [-0.2, 0) is 11.2 Å². The summed E-state index contributed by atoms with van der Waals surface area (Å²) in [5.41, 5.74) is 5.84. The number of carbonyl (C=O) groups is 1. The number of benzene rings is 1. The third kappa shape index (κ3) is 6.20. The van der Waals surface area contributed by atoms with Gasteiger partial charge in [-0.15, -0.1) is 0 Å². The van der Waals surface area contributed by atoms with Crippen molar-refractivity contribution in [3.8, 4) is 0 Å². The van der Waals surface area contributed by atoms with Crippen LogP contribution in [0.2, 0.25) is 0 Å². The Bertz CT molecular complexity index is 430. The van der Waals surface area contributed by atoms with Gasteiger partial charge in [0.2, 0.25) is 0 Å². The lowest BCUT2D eigenvalue weighted by Crippen LogP contribution is -2.44. The lowest BCUT2D eigenvalue weighted by Gasteiger charge is -2.23. The molecule has 106 valence electrons. The number of alkyl carbamates (subject to hydrolysis) is 1. The van der Waals surface area contributed by atoms with Gasteiger partial charge in [-0.05, 0) is 44.9 Å². The Morgan fingerprint density at radius 3 is 2.68 bits per heavy atom. The van der Waals surface area contributed by atoms with Crippen molar-refractivity contribution in [2.24, 2.45) is 5.73 Å². The Labute approximate surface area is 113 Å². The number of amides is 1. The Morgan fingerprint density at radius 1 is 1.47 bits per heavy atom. The summed E-state index contributed by atoms with van der Waals surface area (Å²) >= 11 is 0. The van der Waals surface area contributed by atoms with Gasteiger partial charge < -0.3 is 15.8 Å². The minimum absolute atomic E-state index is 0.260. The average Bonchev–Trinajstić information content (AvgIpc) is 2.25. The van der Waals surface area contributed by atoms with Crippen LogP contribution in [0.3, 0.4) is 0 Å². The number of nitrogens with one attached hydrogen (secondary N) is 1. The van der Waals surface area contributed by atoms with Gasteiger partial charge in [-0.3, -0.25) is 0 Å². The van der Waals surface area contributed by atoms with E-state index in [-0.39, 0.29) is 18.4 Å². The zero-order valence-corrected chi connectivity index (χ0v) is 11.6. The van der Waals surface area contributed by atoms with Gasteiger partial charge in [0, 0.05) is 12.6 Å². The second kappa shape index (κ2) is 6.52. The largest absolute Gasteiger partial charge is 0.444 e. The van der Waals surface area contributed by atoms with Crippen molar-refractivity contribution in [3.63, 3.8) is 0 Å². The number of hydrogen-bond acceptors (Lipinski definition) is 3. The molecule has 0 heterocycles. The number of halogens is 1. The molecule has 0 saturated carbocycles. The molecule has 1 amide bonds. The van der Waals surface area contributed by atoms with Crippen molar-refractivity contribution in [2.75, 3.05) is 6.54 Å². The van der Waals surface area contributed by atoms with Gasteiger partial charge in [0.05, 0.1) is 0 Å². The molecule has 1 unspecified atom stereocenters. The summed E-state index contributed by atoms with van der Waals surface area (Å²) < 4.78 is 18.2. The fourth-order valence-electron chi connectivity index (χ4n) is 1.62. The Morgan fingerprint density at radius 2 is 2.16 bits per heavy atom. The van der Waals surface area contributed by atoms with Crippen molar-refractivity contribution < 1.29 is 13.9 Å². The zero-order valence-electron chi connectivity index (χ0n) is 11.6. The van der Waals surface area contributed by atoms with Gasteiger partial charge in [-0.2, -0.15) is 0 Å². The number of carbonyl (C=O) groups excluding carboxylic acids is 1. The maximum Gasteiger partial charge on any atom is 0.407 e. The van der Waals surface area contributed by atoms with Crippen LogP contribution in [-0.4, -0.2) is 24.3 Å². The van der Waals surface area contributed by atoms with E-state index < -0.39 is 11.7 Å². The molecule has 4 nitrogen and oxygen atoms in total. The van der Waals surface area contributed by atoms with Crippen LogP contribution >= 0.6 is 0 Å². The molecule has 1 atom stereocenters. The van der Waals surface area contributed by atoms with Crippen molar-refractivity contribution in [3.05, 3.63) is 35.6 Å². The molecular formula is C14H21FN2O2. The summed E-state index contributed by atoms with van der Waals surface area (Å²) in [4.78, 5) is 11.6. The molecule has 0 aliphatic heterocycles. The molecule has 19 heavy (non-hydrogen) atoms. The lowest BCUT2D eigenvalue weighted by atomic mass is 10.1. The number of rotatable bonds is 4. The molecule has 0 fully saturated rings. The van der Waals surface area contributed by atoms with E-state index in [9.17, 15) is 9.18 Å². The Hall–Kier alpha value is -1.62. The maximum atomic E-state index is 13.1. The van der Waals surface area contributed by atoms with Gasteiger partial charge in [0.15, 0.2) is 0 Å². The highest BCUT2D eigenvalue weighted by molar-refractivity contribution is 5.68. The first-order valence-corrected chi connectivity index (χ1v) is 6.24. The van der Waals surface area contributed by atoms with E-state index in [1.165, 1.54) is 12.1 Å². The molecule has 5 heteroatoms. The van der Waals surface area contributed by atoms with E-state index in [4.69, 9.17) is 10.5 Å². The van der Waals surface area contributed by atoms with Crippen LogP contribution in [0.4, 0.5) is 9.18 Å². The normalized spacial score (nSPS) is 12.9. The molecule has 0 radical (unpaired) electrons. The fraction of sp³-hybridized carbons (Fsp3) is 0.500. The standard InChI is InChI=1S/C14H21FN2O2/c1-14(2,3)19-13(18)17-12(9-16)8-10-5-4-6-11(15)7-10/h4-7,12H,8-9,16H2,1-3H3,(H,17,18). The first kappa shape index (κ1) is 15.4. The summed E-state index contributed by atoms with van der Waals surface area (Å²) in [5, 5.41) is 2.68. The molecule has 0 aromatic heterocycles. The van der Waals surface area contributed by atoms with Crippen molar-refractivity contribution in [1.29, 1.82) is 0 Å². The van der Waals surface area contributed by atoms with Crippen molar-refractivity contribution in [1.82, 2.24) is 5.32 Å². The summed E-state index contributed by atoms with van der Waals surface area (Å²) in [6.45, 7) is 5.62. The zero-order chi connectivity index (χ0) is 14.5. The lowest BCUT2D eigenvalue weighted by molar-refractivity contribution is 0.0506. The molecule has 0 saturated heterocycles. The van der Waals surface area contributed by atoms with Crippen molar-refractivity contribution in [2.45, 2.75) is 38.8 Å². The molecule has 1 aromatic rings. The quantitative estimate of drug-likeness (QED) is 0.880. The van der Waals surface area contributed by atoms with E-state index in [0.29, 0.717) is 6.42 Å². The summed E-state index contributed by atoms with van der Waals surface area (Å²) in [5.74, 6) is -0.300. The second-order valence-corrected chi connectivity index (χ2v) is 5.41. The molecule has 0 spiro atoms. The molecule has 0 bridgehead atoms. The van der Waals surface area contributed by atoms with E-state index in [1.54, 1.807) is 32.9 Å². The molecule has 1 aromatic carbocycles. The topological polar surface area (TPSA) is 64.3 Å². The predicted molar refractivity (Wildman–Crippen MR) is 72.3 cm³/mol. The highest BCUT2D eigenvalue weighted by Crippen LogP contribution is 2.09. The summed E-state index contributed by atoms with van der Waals surface area (Å²) in [7, 11) is 0. The third-order valence-electron chi connectivity index (χ3n) is 2.38. The number of hydrogen-bond donors (Lipinski definition) is 2. The van der Waals surface area contributed by atoms with Gasteiger partial charge in [0.1, 0.15) is 11.4 Å². The number of nitrogens with two attached hydrogens (primary N) is 1. The van der Waals surface area contributed by atoms with Crippen LogP contribution in [0.25, 0.3) is 0 Å². The van der Waals surface area contributed by atoms with Gasteiger partial charge in [-0.25, -0.2) is 9.18 Å². The SMILES string of the molecule is CC(C)(C)OC(=O)NC(CN)Cc1cccc(F)c1. The smallest absolute Gasteiger partial charge is 0.407 e. The number of ether oxygens (including phenoxy) is 1. The van der Waals surface area contributed by atoms with Gasteiger partial charge >= 0.3 is 6.09 Å². The van der Waals surface area contributed by atoms with E-state index in [0.717, 1.165) is 5.56 Å². The molecule has 1 rings (SSSR count). The third-order valence-corrected chi connectivity index (χ3v) is 2.38. The van der Waals surface area contributed by atoms with Gasteiger partial charge in [-0.1, -0.05) is 12.1 Å².